The number of hydrogen-bond donors (Lipinski definition) is 0. The first kappa shape index (κ1) is 55.6. The summed E-state index contributed by atoms with van der Waals surface area (Å²) in [6, 6.07) is 0. The molecule has 0 heterocycles. The monoisotopic (exact) mass is 821 g/mol. The van der Waals surface area contributed by atoms with Crippen LogP contribution < -0.4 is 0 Å². The van der Waals surface area contributed by atoms with Crippen LogP contribution in [0.5, 0.6) is 0 Å². The maximum absolute atomic E-state index is 12.7. The van der Waals surface area contributed by atoms with E-state index in [4.69, 9.17) is 14.2 Å². The predicted molar refractivity (Wildman–Crippen MR) is 251 cm³/mol. The van der Waals surface area contributed by atoms with Crippen LogP contribution in [0.3, 0.4) is 0 Å². The molecule has 0 aromatic rings. The van der Waals surface area contributed by atoms with E-state index < -0.39 is 6.10 Å². The zero-order chi connectivity index (χ0) is 43.0. The van der Waals surface area contributed by atoms with Crippen molar-refractivity contribution in [1.29, 1.82) is 0 Å². The van der Waals surface area contributed by atoms with Gasteiger partial charge in [0.05, 0.1) is 0 Å². The van der Waals surface area contributed by atoms with Gasteiger partial charge in [0.1, 0.15) is 13.2 Å². The number of carbonyl (C=O) groups is 3. The minimum absolute atomic E-state index is 0.103. The van der Waals surface area contributed by atoms with Crippen LogP contribution in [0.2, 0.25) is 0 Å². The van der Waals surface area contributed by atoms with Crippen molar-refractivity contribution in [2.24, 2.45) is 0 Å². The van der Waals surface area contributed by atoms with Crippen LogP contribution >= 0.6 is 0 Å². The van der Waals surface area contributed by atoms with E-state index in [2.05, 4.69) is 106 Å². The molecule has 1 atom stereocenters. The van der Waals surface area contributed by atoms with E-state index >= 15 is 0 Å². The molecular weight excluding hydrogens is 733 g/mol. The number of allylic oxidation sites excluding steroid dienone is 14. The molecule has 6 nitrogen and oxygen atoms in total. The largest absolute Gasteiger partial charge is 0.462 e. The van der Waals surface area contributed by atoms with Gasteiger partial charge < -0.3 is 14.2 Å². The van der Waals surface area contributed by atoms with Crippen LogP contribution in [0, 0.1) is 0 Å². The Morgan fingerprint density at radius 2 is 0.661 bits per heavy atom. The van der Waals surface area contributed by atoms with Crippen LogP contribution in [0.15, 0.2) is 85.1 Å². The third-order valence-corrected chi connectivity index (χ3v) is 9.86. The van der Waals surface area contributed by atoms with E-state index in [1.165, 1.54) is 51.4 Å². The lowest BCUT2D eigenvalue weighted by Crippen LogP contribution is -2.30. The minimum atomic E-state index is -0.806. The van der Waals surface area contributed by atoms with Gasteiger partial charge in [-0.3, -0.25) is 14.4 Å². The molecule has 0 aliphatic carbocycles. The van der Waals surface area contributed by atoms with E-state index in [9.17, 15) is 14.4 Å². The second kappa shape index (κ2) is 47.3. The average molecular weight is 821 g/mol. The van der Waals surface area contributed by atoms with Gasteiger partial charge in [-0.05, 0) is 109 Å². The lowest BCUT2D eigenvalue weighted by molar-refractivity contribution is -0.167. The van der Waals surface area contributed by atoms with Gasteiger partial charge >= 0.3 is 17.9 Å². The summed E-state index contributed by atoms with van der Waals surface area (Å²) in [6.07, 6.45) is 60.0. The number of unbranched alkanes of at least 4 members (excludes halogenated alkanes) is 17. The van der Waals surface area contributed by atoms with E-state index in [0.717, 1.165) is 122 Å². The van der Waals surface area contributed by atoms with Crippen molar-refractivity contribution in [3.63, 3.8) is 0 Å². The Bertz CT molecular complexity index is 1170. The second-order valence-electron chi connectivity index (χ2n) is 15.6. The van der Waals surface area contributed by atoms with Crippen molar-refractivity contribution in [2.45, 2.75) is 219 Å². The second-order valence-corrected chi connectivity index (χ2v) is 15.6. The summed E-state index contributed by atoms with van der Waals surface area (Å²) in [5, 5.41) is 0. The maximum Gasteiger partial charge on any atom is 0.306 e. The van der Waals surface area contributed by atoms with E-state index in [1.54, 1.807) is 0 Å². The number of esters is 3. The van der Waals surface area contributed by atoms with Crippen LogP contribution in [0.25, 0.3) is 0 Å². The summed E-state index contributed by atoms with van der Waals surface area (Å²) in [5.41, 5.74) is 0. The molecule has 59 heavy (non-hydrogen) atoms. The number of rotatable bonds is 42. The van der Waals surface area contributed by atoms with Crippen molar-refractivity contribution < 1.29 is 28.6 Å². The van der Waals surface area contributed by atoms with Crippen LogP contribution in [0.1, 0.15) is 213 Å². The fraction of sp³-hybridized carbons (Fsp3) is 0.679. The third-order valence-electron chi connectivity index (χ3n) is 9.86. The molecule has 0 rings (SSSR count). The highest BCUT2D eigenvalue weighted by Crippen LogP contribution is 2.12. The first-order valence-corrected chi connectivity index (χ1v) is 24.1. The quantitative estimate of drug-likeness (QED) is 0.0264. The van der Waals surface area contributed by atoms with Crippen molar-refractivity contribution in [1.82, 2.24) is 0 Å². The highest BCUT2D eigenvalue weighted by Gasteiger charge is 2.19. The van der Waals surface area contributed by atoms with Crippen molar-refractivity contribution in [3.05, 3.63) is 85.1 Å². The van der Waals surface area contributed by atoms with Gasteiger partial charge in [0.2, 0.25) is 0 Å². The summed E-state index contributed by atoms with van der Waals surface area (Å²) in [7, 11) is 0. The number of ether oxygens (including phenoxy) is 3. The summed E-state index contributed by atoms with van der Waals surface area (Å²) in [4.78, 5) is 37.8. The Balaban J connectivity index is 4.48. The molecule has 0 amide bonds. The molecule has 0 fully saturated rings. The Kier molecular flexibility index (Phi) is 44.5. The van der Waals surface area contributed by atoms with Gasteiger partial charge in [0.15, 0.2) is 6.10 Å². The Morgan fingerprint density at radius 3 is 1.07 bits per heavy atom. The molecule has 0 saturated heterocycles. The zero-order valence-electron chi connectivity index (χ0n) is 38.2. The molecule has 0 aliphatic heterocycles. The van der Waals surface area contributed by atoms with E-state index in [1.807, 2.05) is 0 Å². The molecule has 6 heteroatoms. The smallest absolute Gasteiger partial charge is 0.306 e. The highest BCUT2D eigenvalue weighted by atomic mass is 16.6. The normalized spacial score (nSPS) is 12.8. The zero-order valence-corrected chi connectivity index (χ0v) is 38.2. The average Bonchev–Trinajstić information content (AvgIpc) is 3.23. The fourth-order valence-corrected chi connectivity index (χ4v) is 6.29. The van der Waals surface area contributed by atoms with Crippen molar-refractivity contribution >= 4 is 17.9 Å². The van der Waals surface area contributed by atoms with Gasteiger partial charge in [-0.2, -0.15) is 0 Å². The van der Waals surface area contributed by atoms with Crippen LogP contribution in [-0.2, 0) is 28.6 Å². The molecule has 0 saturated carbocycles. The first-order valence-electron chi connectivity index (χ1n) is 24.1. The van der Waals surface area contributed by atoms with Gasteiger partial charge in [0.25, 0.3) is 0 Å². The predicted octanol–water partition coefficient (Wildman–Crippen LogP) is 15.6. The Hall–Kier alpha value is -3.41. The molecular formula is C53H88O6. The van der Waals surface area contributed by atoms with Crippen molar-refractivity contribution in [2.75, 3.05) is 13.2 Å². The summed E-state index contributed by atoms with van der Waals surface area (Å²) >= 11 is 0. The summed E-state index contributed by atoms with van der Waals surface area (Å²) in [5.74, 6) is -0.976. The SMILES string of the molecule is CC/C=C\C/C=C\C/C=C\CCCCCC(=O)OCC(COC(=O)CCCCCCC/C=C\CCCCCCCC)OC(=O)CCCCC/C=C\C/C=C\C/C=C\CC. The fourth-order valence-electron chi connectivity index (χ4n) is 6.29. The molecule has 336 valence electrons. The third kappa shape index (κ3) is 45.5. The molecule has 0 bridgehead atoms. The molecule has 1 unspecified atom stereocenters. The molecule has 0 N–H and O–H groups in total. The lowest BCUT2D eigenvalue weighted by atomic mass is 10.1. The first-order chi connectivity index (χ1) is 29.0. The Labute approximate surface area is 363 Å². The molecule has 0 aromatic carbocycles. The molecule has 0 aliphatic rings. The highest BCUT2D eigenvalue weighted by molar-refractivity contribution is 5.71. The standard InChI is InChI=1S/C53H88O6/c1-4-7-10-13-16-19-22-25-26-29-31-34-37-40-43-46-52(55)58-49-50(59-53(56)47-44-41-38-35-32-28-24-21-18-15-12-9-6-3)48-57-51(54)45-42-39-36-33-30-27-23-20-17-14-11-8-5-2/h8-9,11-12,17-18,20-21,25-28,30,32,50H,4-7,10,13-16,19,22-24,29,31,33-49H2,1-3H3/b11-8-,12-9-,20-17-,21-18-,26-25-,30-27-,32-28-. The topological polar surface area (TPSA) is 78.9 Å². The number of hydrogen-bond acceptors (Lipinski definition) is 6. The number of carbonyl (C=O) groups excluding carboxylic acids is 3. The van der Waals surface area contributed by atoms with Crippen LogP contribution in [0.4, 0.5) is 0 Å². The van der Waals surface area contributed by atoms with Crippen molar-refractivity contribution in [3.8, 4) is 0 Å². The van der Waals surface area contributed by atoms with Gasteiger partial charge in [-0.15, -0.1) is 0 Å². The van der Waals surface area contributed by atoms with Crippen LogP contribution in [-0.4, -0.2) is 37.2 Å². The molecule has 0 radical (unpaired) electrons. The maximum atomic E-state index is 12.7. The van der Waals surface area contributed by atoms with Gasteiger partial charge in [0, 0.05) is 19.3 Å². The van der Waals surface area contributed by atoms with Gasteiger partial charge in [-0.1, -0.05) is 170 Å². The molecule has 0 aromatic heterocycles. The van der Waals surface area contributed by atoms with E-state index in [-0.39, 0.29) is 37.5 Å². The van der Waals surface area contributed by atoms with E-state index in [0.29, 0.717) is 12.8 Å². The van der Waals surface area contributed by atoms with Gasteiger partial charge in [-0.25, -0.2) is 0 Å². The summed E-state index contributed by atoms with van der Waals surface area (Å²) < 4.78 is 16.7. The lowest BCUT2D eigenvalue weighted by Gasteiger charge is -2.18. The Morgan fingerprint density at radius 1 is 0.356 bits per heavy atom. The summed E-state index contributed by atoms with van der Waals surface area (Å²) in [6.45, 7) is 6.33. The minimum Gasteiger partial charge on any atom is -0.462 e. The molecule has 0 spiro atoms.